The van der Waals surface area contributed by atoms with E-state index in [2.05, 4.69) is 17.1 Å². The molecule has 0 saturated carbocycles. The first kappa shape index (κ1) is 16.3. The van der Waals surface area contributed by atoms with Crippen LogP contribution in [0.1, 0.15) is 18.9 Å². The summed E-state index contributed by atoms with van der Waals surface area (Å²) in [4.78, 5) is 14.3. The molecule has 21 heavy (non-hydrogen) atoms. The van der Waals surface area contributed by atoms with Crippen LogP contribution in [0.15, 0.2) is 18.2 Å². The lowest BCUT2D eigenvalue weighted by Gasteiger charge is -2.36. The van der Waals surface area contributed by atoms with Crippen LogP contribution in [-0.2, 0) is 4.79 Å². The molecule has 2 unspecified atom stereocenters. The minimum atomic E-state index is -0.0222. The number of nitrogens with one attached hydrogen (secondary N) is 1. The molecule has 0 bridgehead atoms. The van der Waals surface area contributed by atoms with Crippen LogP contribution in [0.5, 0.6) is 0 Å². The number of benzene rings is 1. The third kappa shape index (κ3) is 4.43. The molecule has 0 radical (unpaired) electrons. The summed E-state index contributed by atoms with van der Waals surface area (Å²) in [7, 11) is 0. The largest absolute Gasteiger partial charge is 0.330 e. The van der Waals surface area contributed by atoms with Crippen molar-refractivity contribution in [1.29, 1.82) is 0 Å². The van der Waals surface area contributed by atoms with Crippen LogP contribution in [0, 0.1) is 18.8 Å². The van der Waals surface area contributed by atoms with E-state index in [-0.39, 0.29) is 5.91 Å². The number of amides is 1. The van der Waals surface area contributed by atoms with E-state index in [0.717, 1.165) is 25.1 Å². The zero-order chi connectivity index (χ0) is 15.4. The van der Waals surface area contributed by atoms with Crippen LogP contribution >= 0.6 is 11.6 Å². The van der Waals surface area contributed by atoms with Crippen molar-refractivity contribution < 1.29 is 4.79 Å². The van der Waals surface area contributed by atoms with Gasteiger partial charge in [0.2, 0.25) is 5.91 Å². The van der Waals surface area contributed by atoms with Gasteiger partial charge in [-0.15, -0.1) is 0 Å². The summed E-state index contributed by atoms with van der Waals surface area (Å²) in [5.41, 5.74) is 7.55. The molecule has 5 heteroatoms. The van der Waals surface area contributed by atoms with E-state index in [4.69, 9.17) is 17.3 Å². The summed E-state index contributed by atoms with van der Waals surface area (Å²) in [6, 6.07) is 5.63. The van der Waals surface area contributed by atoms with E-state index in [1.165, 1.54) is 0 Å². The lowest BCUT2D eigenvalue weighted by Crippen LogP contribution is -2.45. The summed E-state index contributed by atoms with van der Waals surface area (Å²) in [5, 5.41) is 3.46. The topological polar surface area (TPSA) is 58.4 Å². The third-order valence-corrected chi connectivity index (χ3v) is 4.58. The van der Waals surface area contributed by atoms with Crippen molar-refractivity contribution in [2.75, 3.05) is 31.5 Å². The Morgan fingerprint density at radius 2 is 2.29 bits per heavy atom. The molecule has 1 aliphatic rings. The molecule has 0 aliphatic carbocycles. The van der Waals surface area contributed by atoms with Gasteiger partial charge in [0, 0.05) is 6.54 Å². The van der Waals surface area contributed by atoms with E-state index in [9.17, 15) is 4.79 Å². The monoisotopic (exact) mass is 309 g/mol. The van der Waals surface area contributed by atoms with E-state index in [1.54, 1.807) is 0 Å². The highest BCUT2D eigenvalue weighted by Crippen LogP contribution is 2.24. The molecule has 2 rings (SSSR count). The number of hydrogen-bond acceptors (Lipinski definition) is 3. The predicted molar refractivity (Wildman–Crippen MR) is 87.6 cm³/mol. The zero-order valence-corrected chi connectivity index (χ0v) is 13.5. The number of rotatable bonds is 4. The minimum Gasteiger partial charge on any atom is -0.330 e. The van der Waals surface area contributed by atoms with Crippen LogP contribution in [0.3, 0.4) is 0 Å². The first-order chi connectivity index (χ1) is 9.99. The Bertz CT molecular complexity index is 506. The maximum atomic E-state index is 12.2. The van der Waals surface area contributed by atoms with Crippen molar-refractivity contribution in [3.8, 4) is 0 Å². The summed E-state index contributed by atoms with van der Waals surface area (Å²) < 4.78 is 0. The van der Waals surface area contributed by atoms with Gasteiger partial charge in [0.25, 0.3) is 0 Å². The standard InChI is InChI=1S/C16H24ClN3O/c1-11-3-4-15(14(17)7-11)19-16(21)10-20-6-5-12(2)13(8-18)9-20/h3-4,7,12-13H,5-6,8-10,18H2,1-2H3,(H,19,21). The molecular weight excluding hydrogens is 286 g/mol. The Balaban J connectivity index is 1.90. The van der Waals surface area contributed by atoms with Crippen LogP contribution < -0.4 is 11.1 Å². The van der Waals surface area contributed by atoms with Crippen LogP contribution in [-0.4, -0.2) is 37.0 Å². The molecule has 1 aromatic rings. The van der Waals surface area contributed by atoms with E-state index >= 15 is 0 Å². The minimum absolute atomic E-state index is 0.0222. The first-order valence-corrected chi connectivity index (χ1v) is 7.86. The van der Waals surface area contributed by atoms with E-state index in [0.29, 0.717) is 35.6 Å². The van der Waals surface area contributed by atoms with Gasteiger partial charge in [-0.05, 0) is 56.0 Å². The number of aryl methyl sites for hydroxylation is 1. The second kappa shape index (κ2) is 7.25. The molecule has 2 atom stereocenters. The van der Waals surface area contributed by atoms with Gasteiger partial charge in [0.15, 0.2) is 0 Å². The average molecular weight is 310 g/mol. The number of carbonyl (C=O) groups is 1. The quantitative estimate of drug-likeness (QED) is 0.898. The van der Waals surface area contributed by atoms with Crippen molar-refractivity contribution in [2.45, 2.75) is 20.3 Å². The van der Waals surface area contributed by atoms with E-state index < -0.39 is 0 Å². The molecule has 1 saturated heterocycles. The van der Waals surface area contributed by atoms with Crippen molar-refractivity contribution in [3.05, 3.63) is 28.8 Å². The first-order valence-electron chi connectivity index (χ1n) is 7.48. The van der Waals surface area contributed by atoms with Gasteiger partial charge in [-0.1, -0.05) is 24.6 Å². The maximum absolute atomic E-state index is 12.2. The number of halogens is 1. The Morgan fingerprint density at radius 3 is 2.95 bits per heavy atom. The Morgan fingerprint density at radius 1 is 1.52 bits per heavy atom. The number of anilines is 1. The summed E-state index contributed by atoms with van der Waals surface area (Å²) in [6.07, 6.45) is 1.10. The van der Waals surface area contributed by atoms with Crippen molar-refractivity contribution >= 4 is 23.2 Å². The third-order valence-electron chi connectivity index (χ3n) is 4.27. The Kier molecular flexibility index (Phi) is 5.62. The molecule has 1 aromatic carbocycles. The Labute approximate surface area is 131 Å². The SMILES string of the molecule is Cc1ccc(NC(=O)CN2CCC(C)C(CN)C2)c(Cl)c1. The van der Waals surface area contributed by atoms with Gasteiger partial charge in [0.1, 0.15) is 0 Å². The lowest BCUT2D eigenvalue weighted by molar-refractivity contribution is -0.117. The van der Waals surface area contributed by atoms with Crippen molar-refractivity contribution in [1.82, 2.24) is 4.90 Å². The fourth-order valence-corrected chi connectivity index (χ4v) is 3.07. The van der Waals surface area contributed by atoms with Crippen LogP contribution in [0.25, 0.3) is 0 Å². The lowest BCUT2D eigenvalue weighted by atomic mass is 9.87. The normalized spacial score (nSPS) is 23.0. The second-order valence-electron chi connectivity index (χ2n) is 6.03. The van der Waals surface area contributed by atoms with Crippen LogP contribution in [0.2, 0.25) is 5.02 Å². The van der Waals surface area contributed by atoms with Gasteiger partial charge in [0.05, 0.1) is 17.3 Å². The molecule has 1 amide bonds. The Hall–Kier alpha value is -1.10. The fourth-order valence-electron chi connectivity index (χ4n) is 2.79. The number of piperidine rings is 1. The second-order valence-corrected chi connectivity index (χ2v) is 6.44. The number of nitrogens with zero attached hydrogens (tertiary/aromatic N) is 1. The fraction of sp³-hybridized carbons (Fsp3) is 0.562. The molecule has 0 aromatic heterocycles. The number of likely N-dealkylation sites (tertiary alicyclic amines) is 1. The van der Waals surface area contributed by atoms with Gasteiger partial charge in [-0.2, -0.15) is 0 Å². The van der Waals surface area contributed by atoms with Gasteiger partial charge in [-0.25, -0.2) is 0 Å². The molecule has 1 aliphatic heterocycles. The van der Waals surface area contributed by atoms with Crippen molar-refractivity contribution in [3.63, 3.8) is 0 Å². The van der Waals surface area contributed by atoms with Gasteiger partial charge in [-0.3, -0.25) is 9.69 Å². The molecule has 116 valence electrons. The highest BCUT2D eigenvalue weighted by molar-refractivity contribution is 6.33. The predicted octanol–water partition coefficient (Wildman–Crippen LogP) is 2.50. The number of hydrogen-bond donors (Lipinski definition) is 2. The molecule has 1 heterocycles. The number of carbonyl (C=O) groups excluding carboxylic acids is 1. The molecule has 3 N–H and O–H groups in total. The highest BCUT2D eigenvalue weighted by atomic mass is 35.5. The molecule has 4 nitrogen and oxygen atoms in total. The van der Waals surface area contributed by atoms with Crippen LogP contribution in [0.4, 0.5) is 5.69 Å². The summed E-state index contributed by atoms with van der Waals surface area (Å²) in [6.45, 7) is 7.14. The van der Waals surface area contributed by atoms with Crippen molar-refractivity contribution in [2.24, 2.45) is 17.6 Å². The molecular formula is C16H24ClN3O. The molecule has 1 fully saturated rings. The van der Waals surface area contributed by atoms with E-state index in [1.807, 2.05) is 25.1 Å². The highest BCUT2D eigenvalue weighted by Gasteiger charge is 2.26. The molecule has 0 spiro atoms. The summed E-state index contributed by atoms with van der Waals surface area (Å²) >= 11 is 6.14. The number of nitrogens with two attached hydrogens (primary N) is 1. The van der Waals surface area contributed by atoms with Gasteiger partial charge < -0.3 is 11.1 Å². The maximum Gasteiger partial charge on any atom is 0.238 e. The summed E-state index contributed by atoms with van der Waals surface area (Å²) in [5.74, 6) is 1.10. The zero-order valence-electron chi connectivity index (χ0n) is 12.7. The van der Waals surface area contributed by atoms with Gasteiger partial charge >= 0.3 is 0 Å². The average Bonchev–Trinajstić information content (AvgIpc) is 2.44. The smallest absolute Gasteiger partial charge is 0.238 e.